The molecule has 0 spiro atoms. The highest BCUT2D eigenvalue weighted by molar-refractivity contribution is 6.30. The number of aromatic nitrogens is 2. The number of benzene rings is 3. The van der Waals surface area contributed by atoms with E-state index in [1.807, 2.05) is 22.8 Å². The summed E-state index contributed by atoms with van der Waals surface area (Å²) in [5.41, 5.74) is 2.69. The minimum Gasteiger partial charge on any atom is -0.478 e. The first-order valence-electron chi connectivity index (χ1n) is 15.3. The van der Waals surface area contributed by atoms with Crippen LogP contribution in [0.3, 0.4) is 0 Å². The number of nitrogens with one attached hydrogen (secondary N) is 2. The van der Waals surface area contributed by atoms with E-state index in [0.717, 1.165) is 37.8 Å². The van der Waals surface area contributed by atoms with Crippen molar-refractivity contribution in [1.29, 1.82) is 10.8 Å². The van der Waals surface area contributed by atoms with E-state index in [-0.39, 0.29) is 29.4 Å². The first-order chi connectivity index (χ1) is 22.6. The average molecular weight is 663 g/mol. The van der Waals surface area contributed by atoms with Gasteiger partial charge in [-0.05, 0) is 74.3 Å². The molecular formula is C34H36ClFN6O5. The average Bonchev–Trinajstić information content (AvgIpc) is 3.58. The molecule has 1 unspecified atom stereocenters. The van der Waals surface area contributed by atoms with Crippen LogP contribution >= 0.6 is 11.6 Å². The van der Waals surface area contributed by atoms with Crippen LogP contribution in [0.5, 0.6) is 11.5 Å². The van der Waals surface area contributed by atoms with Gasteiger partial charge in [0.15, 0.2) is 11.5 Å². The molecule has 1 aromatic heterocycles. The molecule has 1 atom stereocenters. The molecule has 2 aliphatic heterocycles. The third-order valence-corrected chi connectivity index (χ3v) is 9.08. The Balaban J connectivity index is 1.19. The lowest BCUT2D eigenvalue weighted by molar-refractivity contribution is -0.0712. The number of hydrogen-bond donors (Lipinski definition) is 3. The molecule has 0 bridgehead atoms. The van der Waals surface area contributed by atoms with Crippen molar-refractivity contribution >= 4 is 40.8 Å². The van der Waals surface area contributed by atoms with E-state index in [1.165, 1.54) is 17.0 Å². The zero-order chi connectivity index (χ0) is 33.3. The zero-order valence-corrected chi connectivity index (χ0v) is 26.9. The van der Waals surface area contributed by atoms with Gasteiger partial charge in [0.05, 0.1) is 48.2 Å². The number of methoxy groups -OCH3 is 1. The molecule has 1 saturated heterocycles. The van der Waals surface area contributed by atoms with Gasteiger partial charge >= 0.3 is 5.97 Å². The summed E-state index contributed by atoms with van der Waals surface area (Å²) in [4.78, 5) is 20.4. The number of nitrogens with zero attached hydrogens (tertiary/aromatic N) is 4. The lowest BCUT2D eigenvalue weighted by Gasteiger charge is -2.32. The Kier molecular flexibility index (Phi) is 9.18. The highest BCUT2D eigenvalue weighted by Crippen LogP contribution is 2.49. The molecule has 13 heteroatoms. The van der Waals surface area contributed by atoms with Gasteiger partial charge in [0, 0.05) is 31.2 Å². The highest BCUT2D eigenvalue weighted by Gasteiger charge is 2.43. The van der Waals surface area contributed by atoms with E-state index in [9.17, 15) is 14.3 Å². The van der Waals surface area contributed by atoms with Crippen molar-refractivity contribution in [3.05, 3.63) is 88.0 Å². The fraction of sp³-hybridized carbons (Fsp3) is 0.353. The third kappa shape index (κ3) is 6.53. The summed E-state index contributed by atoms with van der Waals surface area (Å²) in [6, 6.07) is 15.1. The molecule has 3 N–H and O–H groups in total. The van der Waals surface area contributed by atoms with Crippen molar-refractivity contribution in [2.24, 2.45) is 0 Å². The number of rotatable bonds is 11. The number of amidine groups is 1. The number of likely N-dealkylation sites (tertiary alicyclic amines) is 1. The number of piperidine rings is 1. The number of imidazole rings is 1. The maximum Gasteiger partial charge on any atom is 0.335 e. The summed E-state index contributed by atoms with van der Waals surface area (Å²) in [7, 11) is 1.56. The van der Waals surface area contributed by atoms with Gasteiger partial charge in [0.2, 0.25) is 0 Å². The second-order valence-corrected chi connectivity index (χ2v) is 12.3. The summed E-state index contributed by atoms with van der Waals surface area (Å²) >= 11 is 5.98. The smallest absolute Gasteiger partial charge is 0.335 e. The first kappa shape index (κ1) is 32.4. The van der Waals surface area contributed by atoms with E-state index in [1.54, 1.807) is 38.3 Å². The molecule has 0 amide bonds. The van der Waals surface area contributed by atoms with Gasteiger partial charge in [-0.3, -0.25) is 15.7 Å². The number of halogens is 2. The largest absolute Gasteiger partial charge is 0.478 e. The zero-order valence-electron chi connectivity index (χ0n) is 26.1. The predicted molar refractivity (Wildman–Crippen MR) is 175 cm³/mol. The minimum absolute atomic E-state index is 0.116. The number of carboxylic acid groups (broad SMARTS) is 1. The number of aromatic carboxylic acids is 1. The molecule has 2 aliphatic rings. The number of ether oxygens (including phenoxy) is 3. The van der Waals surface area contributed by atoms with Gasteiger partial charge in [-0.2, -0.15) is 0 Å². The standard InChI is InChI=1S/C34H36ClFN6O5/c1-34(25-8-7-23(35)17-26(25)36)46-29-5-3-4-24(32(29)47-34)21-10-12-40(13-11-21)19-31-39-27-9-6-22(33(43)44)16-28(27)42(31)18-30(38)41(20-37)14-15-45-2/h3-9,16-17,20-21,37-38H,10-15,18-19H2,1-2H3,(H,43,44). The van der Waals surface area contributed by atoms with Gasteiger partial charge < -0.3 is 28.8 Å². The summed E-state index contributed by atoms with van der Waals surface area (Å²) in [5, 5.41) is 26.4. The monoisotopic (exact) mass is 662 g/mol. The van der Waals surface area contributed by atoms with Crippen molar-refractivity contribution < 1.29 is 28.5 Å². The fourth-order valence-electron chi connectivity index (χ4n) is 6.35. The minimum atomic E-state index is -1.32. The van der Waals surface area contributed by atoms with Gasteiger partial charge in [-0.25, -0.2) is 14.2 Å². The van der Waals surface area contributed by atoms with E-state index >= 15 is 0 Å². The summed E-state index contributed by atoms with van der Waals surface area (Å²) in [6.07, 6.45) is 2.77. The molecule has 0 saturated carbocycles. The SMILES string of the molecule is COCCN(C=N)C(=N)Cn1c(CN2CCC(c3cccc4c3OC(C)(c3ccc(Cl)cc3F)O4)CC2)nc2ccc(C(=O)O)cc21. The molecule has 11 nitrogen and oxygen atoms in total. The molecule has 6 rings (SSSR count). The molecule has 3 aromatic carbocycles. The summed E-state index contributed by atoms with van der Waals surface area (Å²) < 4.78 is 34.4. The Bertz CT molecular complexity index is 1840. The van der Waals surface area contributed by atoms with Gasteiger partial charge in [0.1, 0.15) is 17.5 Å². The molecule has 0 radical (unpaired) electrons. The number of fused-ring (bicyclic) bond motifs is 2. The van der Waals surface area contributed by atoms with Crippen LogP contribution in [0.4, 0.5) is 4.39 Å². The van der Waals surface area contributed by atoms with E-state index < -0.39 is 17.6 Å². The van der Waals surface area contributed by atoms with Crippen LogP contribution < -0.4 is 9.47 Å². The molecule has 47 heavy (non-hydrogen) atoms. The quantitative estimate of drug-likeness (QED) is 0.130. The van der Waals surface area contributed by atoms with Crippen LogP contribution in [0.1, 0.15) is 53.0 Å². The van der Waals surface area contributed by atoms with Gasteiger partial charge in [-0.1, -0.05) is 23.7 Å². The number of carbonyl (C=O) groups is 1. The van der Waals surface area contributed by atoms with E-state index in [0.29, 0.717) is 53.1 Å². The lowest BCUT2D eigenvalue weighted by atomic mass is 9.88. The fourth-order valence-corrected chi connectivity index (χ4v) is 6.51. The van der Waals surface area contributed by atoms with E-state index in [4.69, 9.17) is 41.6 Å². The van der Waals surface area contributed by atoms with Gasteiger partial charge in [-0.15, -0.1) is 0 Å². The van der Waals surface area contributed by atoms with Gasteiger partial charge in [0.25, 0.3) is 5.79 Å². The number of carboxylic acids is 1. The van der Waals surface area contributed by atoms with Crippen molar-refractivity contribution in [3.8, 4) is 11.5 Å². The number of para-hydroxylation sites is 1. The van der Waals surface area contributed by atoms with Crippen LogP contribution in [0.25, 0.3) is 11.0 Å². The van der Waals surface area contributed by atoms with E-state index in [2.05, 4.69) is 4.90 Å². The second-order valence-electron chi connectivity index (χ2n) is 11.9. The molecule has 4 aromatic rings. The maximum atomic E-state index is 14.9. The second kappa shape index (κ2) is 13.3. The van der Waals surface area contributed by atoms with Crippen LogP contribution in [0.15, 0.2) is 54.6 Å². The summed E-state index contributed by atoms with van der Waals surface area (Å²) in [5.74, 6) is -0.594. The predicted octanol–water partition coefficient (Wildman–Crippen LogP) is 6.08. The lowest BCUT2D eigenvalue weighted by Crippen LogP contribution is -2.36. The number of hydrogen-bond acceptors (Lipinski definition) is 8. The van der Waals surface area contributed by atoms with Crippen molar-refractivity contribution in [2.45, 2.75) is 44.6 Å². The topological polar surface area (TPSA) is 137 Å². The molecule has 3 heterocycles. The normalized spacial score (nSPS) is 18.0. The first-order valence-corrected chi connectivity index (χ1v) is 15.7. The van der Waals surface area contributed by atoms with Crippen molar-refractivity contribution in [2.75, 3.05) is 33.4 Å². The Morgan fingerprint density at radius 1 is 1.21 bits per heavy atom. The van der Waals surface area contributed by atoms with Crippen LogP contribution in [-0.4, -0.2) is 76.0 Å². The highest BCUT2D eigenvalue weighted by atomic mass is 35.5. The Hall–Kier alpha value is -4.52. The third-order valence-electron chi connectivity index (χ3n) is 8.84. The maximum absolute atomic E-state index is 14.9. The summed E-state index contributed by atoms with van der Waals surface area (Å²) in [6.45, 7) is 4.55. The molecule has 1 fully saturated rings. The molecule has 0 aliphatic carbocycles. The Morgan fingerprint density at radius 2 is 2.00 bits per heavy atom. The van der Waals surface area contributed by atoms with Crippen LogP contribution in [0.2, 0.25) is 5.02 Å². The van der Waals surface area contributed by atoms with Crippen molar-refractivity contribution in [3.63, 3.8) is 0 Å². The molecular weight excluding hydrogens is 627 g/mol. The molecule has 246 valence electrons. The Morgan fingerprint density at radius 3 is 2.70 bits per heavy atom. The van der Waals surface area contributed by atoms with Crippen molar-refractivity contribution in [1.82, 2.24) is 19.4 Å². The van der Waals surface area contributed by atoms with Crippen LogP contribution in [-0.2, 0) is 23.6 Å². The van der Waals surface area contributed by atoms with Crippen LogP contribution in [0, 0.1) is 16.6 Å². The Labute approximate surface area is 276 Å².